The Morgan fingerprint density at radius 3 is 2.74 bits per heavy atom. The Hall–Kier alpha value is -1.95. The number of benzene rings is 1. The number of morpholine rings is 1. The molecule has 0 aliphatic carbocycles. The van der Waals surface area contributed by atoms with E-state index < -0.39 is 6.04 Å². The standard InChI is InChI=1S/C17H21FN2O3/c1-19-15(21)6-5-14(17(22)20-7-9-23-10-8-20)16(19)12-3-2-4-13(18)11-12/h2-4,11,14,16H,5-10H2,1H3. The summed E-state index contributed by atoms with van der Waals surface area (Å²) in [6, 6.07) is 5.77. The molecule has 2 aliphatic heterocycles. The Balaban J connectivity index is 1.89. The topological polar surface area (TPSA) is 49.9 Å². The van der Waals surface area contributed by atoms with Crippen LogP contribution in [0, 0.1) is 11.7 Å². The smallest absolute Gasteiger partial charge is 0.228 e. The lowest BCUT2D eigenvalue weighted by molar-refractivity contribution is -0.149. The predicted molar refractivity (Wildman–Crippen MR) is 82.0 cm³/mol. The van der Waals surface area contributed by atoms with E-state index in [-0.39, 0.29) is 23.5 Å². The van der Waals surface area contributed by atoms with E-state index in [0.29, 0.717) is 44.7 Å². The van der Waals surface area contributed by atoms with E-state index in [1.54, 1.807) is 29.0 Å². The second kappa shape index (κ2) is 6.66. The first kappa shape index (κ1) is 15.9. The molecule has 2 fully saturated rings. The van der Waals surface area contributed by atoms with E-state index in [9.17, 15) is 14.0 Å². The van der Waals surface area contributed by atoms with Crippen molar-refractivity contribution in [1.82, 2.24) is 9.80 Å². The Kier molecular flexibility index (Phi) is 4.61. The van der Waals surface area contributed by atoms with Crippen molar-refractivity contribution in [2.45, 2.75) is 18.9 Å². The average molecular weight is 320 g/mol. The number of nitrogens with zero attached hydrogens (tertiary/aromatic N) is 2. The molecule has 2 unspecified atom stereocenters. The average Bonchev–Trinajstić information content (AvgIpc) is 2.57. The molecule has 1 aromatic carbocycles. The van der Waals surface area contributed by atoms with E-state index in [2.05, 4.69) is 0 Å². The number of hydrogen-bond donors (Lipinski definition) is 0. The first-order valence-electron chi connectivity index (χ1n) is 7.95. The zero-order valence-corrected chi connectivity index (χ0v) is 13.2. The van der Waals surface area contributed by atoms with Crippen LogP contribution >= 0.6 is 0 Å². The van der Waals surface area contributed by atoms with Crippen LogP contribution in [0.25, 0.3) is 0 Å². The number of rotatable bonds is 2. The van der Waals surface area contributed by atoms with Gasteiger partial charge in [0, 0.05) is 26.6 Å². The molecular formula is C17H21FN2O3. The first-order valence-corrected chi connectivity index (χ1v) is 7.95. The zero-order valence-electron chi connectivity index (χ0n) is 13.2. The van der Waals surface area contributed by atoms with E-state index in [0.717, 1.165) is 0 Å². The van der Waals surface area contributed by atoms with Gasteiger partial charge in [-0.25, -0.2) is 4.39 Å². The van der Waals surface area contributed by atoms with Gasteiger partial charge in [-0.15, -0.1) is 0 Å². The highest BCUT2D eigenvalue weighted by atomic mass is 19.1. The molecule has 2 aliphatic rings. The van der Waals surface area contributed by atoms with Crippen LogP contribution in [0.15, 0.2) is 24.3 Å². The molecule has 23 heavy (non-hydrogen) atoms. The van der Waals surface area contributed by atoms with Gasteiger partial charge in [-0.3, -0.25) is 9.59 Å². The van der Waals surface area contributed by atoms with Crippen molar-refractivity contribution in [2.75, 3.05) is 33.4 Å². The second-order valence-electron chi connectivity index (χ2n) is 6.09. The number of piperidine rings is 1. The van der Waals surface area contributed by atoms with Crippen LogP contribution in [0.5, 0.6) is 0 Å². The largest absolute Gasteiger partial charge is 0.378 e. The summed E-state index contributed by atoms with van der Waals surface area (Å²) in [7, 11) is 1.69. The third-order valence-electron chi connectivity index (χ3n) is 4.69. The molecule has 0 spiro atoms. The molecule has 6 heteroatoms. The molecule has 0 N–H and O–H groups in total. The number of ether oxygens (including phenoxy) is 1. The zero-order chi connectivity index (χ0) is 16.4. The maximum Gasteiger partial charge on any atom is 0.228 e. The molecule has 2 amide bonds. The van der Waals surface area contributed by atoms with E-state index >= 15 is 0 Å². The maximum absolute atomic E-state index is 13.6. The molecule has 2 atom stereocenters. The fourth-order valence-corrected chi connectivity index (χ4v) is 3.46. The molecule has 3 rings (SSSR count). The first-order chi connectivity index (χ1) is 11.1. The van der Waals surface area contributed by atoms with Gasteiger partial charge in [0.2, 0.25) is 11.8 Å². The SMILES string of the molecule is CN1C(=O)CCC(C(=O)N2CCOCC2)C1c1cccc(F)c1. The highest BCUT2D eigenvalue weighted by molar-refractivity contribution is 5.85. The summed E-state index contributed by atoms with van der Waals surface area (Å²) in [4.78, 5) is 28.4. The van der Waals surface area contributed by atoms with E-state index in [4.69, 9.17) is 4.74 Å². The van der Waals surface area contributed by atoms with Crippen LogP contribution in [-0.2, 0) is 14.3 Å². The quantitative estimate of drug-likeness (QED) is 0.831. The molecule has 0 bridgehead atoms. The van der Waals surface area contributed by atoms with Gasteiger partial charge in [-0.1, -0.05) is 12.1 Å². The van der Waals surface area contributed by atoms with Crippen LogP contribution in [0.1, 0.15) is 24.4 Å². The molecule has 0 radical (unpaired) electrons. The number of halogens is 1. The Morgan fingerprint density at radius 2 is 2.04 bits per heavy atom. The number of likely N-dealkylation sites (tertiary alicyclic amines) is 1. The van der Waals surface area contributed by atoms with Crippen LogP contribution < -0.4 is 0 Å². The van der Waals surface area contributed by atoms with Crippen molar-refractivity contribution in [2.24, 2.45) is 5.92 Å². The molecule has 1 aromatic rings. The van der Waals surface area contributed by atoms with Crippen molar-refractivity contribution >= 4 is 11.8 Å². The maximum atomic E-state index is 13.6. The van der Waals surface area contributed by atoms with Gasteiger partial charge in [0.1, 0.15) is 5.82 Å². The highest BCUT2D eigenvalue weighted by Gasteiger charge is 2.40. The normalized spacial score (nSPS) is 25.6. The molecule has 2 saturated heterocycles. The van der Waals surface area contributed by atoms with Crippen molar-refractivity contribution in [3.63, 3.8) is 0 Å². The Morgan fingerprint density at radius 1 is 1.30 bits per heavy atom. The lowest BCUT2D eigenvalue weighted by atomic mass is 9.83. The summed E-state index contributed by atoms with van der Waals surface area (Å²) < 4.78 is 18.9. The Labute approximate surface area is 135 Å². The summed E-state index contributed by atoms with van der Waals surface area (Å²) in [5.74, 6) is -0.670. The number of amides is 2. The van der Waals surface area contributed by atoms with Crippen molar-refractivity contribution < 1.29 is 18.7 Å². The monoisotopic (exact) mass is 320 g/mol. The molecule has 0 saturated carbocycles. The molecular weight excluding hydrogens is 299 g/mol. The molecule has 0 aromatic heterocycles. The summed E-state index contributed by atoms with van der Waals surface area (Å²) >= 11 is 0. The van der Waals surface area contributed by atoms with Gasteiger partial charge >= 0.3 is 0 Å². The summed E-state index contributed by atoms with van der Waals surface area (Å²) in [5, 5.41) is 0. The van der Waals surface area contributed by atoms with Crippen LogP contribution in [0.4, 0.5) is 4.39 Å². The molecule has 5 nitrogen and oxygen atoms in total. The Bertz CT molecular complexity index is 601. The number of carbonyl (C=O) groups is 2. The number of carbonyl (C=O) groups excluding carboxylic acids is 2. The third kappa shape index (κ3) is 3.22. The van der Waals surface area contributed by atoms with Crippen molar-refractivity contribution in [3.05, 3.63) is 35.6 Å². The summed E-state index contributed by atoms with van der Waals surface area (Å²) in [6.45, 7) is 2.22. The van der Waals surface area contributed by atoms with E-state index in [1.165, 1.54) is 12.1 Å². The fourth-order valence-electron chi connectivity index (χ4n) is 3.46. The van der Waals surface area contributed by atoms with E-state index in [1.807, 2.05) is 0 Å². The third-order valence-corrected chi connectivity index (χ3v) is 4.69. The lowest BCUT2D eigenvalue weighted by Gasteiger charge is -2.41. The van der Waals surface area contributed by atoms with Crippen LogP contribution in [-0.4, -0.2) is 55.0 Å². The predicted octanol–water partition coefficient (Wildman–Crippen LogP) is 1.59. The van der Waals surface area contributed by atoms with Gasteiger partial charge < -0.3 is 14.5 Å². The van der Waals surface area contributed by atoms with Crippen LogP contribution in [0.2, 0.25) is 0 Å². The summed E-state index contributed by atoms with van der Waals surface area (Å²) in [6.07, 6.45) is 0.851. The van der Waals surface area contributed by atoms with Gasteiger partial charge in [-0.2, -0.15) is 0 Å². The lowest BCUT2D eigenvalue weighted by Crippen LogP contribution is -2.50. The highest BCUT2D eigenvalue weighted by Crippen LogP contribution is 2.37. The van der Waals surface area contributed by atoms with Gasteiger partial charge in [-0.05, 0) is 24.1 Å². The van der Waals surface area contributed by atoms with Gasteiger partial charge in [0.25, 0.3) is 0 Å². The van der Waals surface area contributed by atoms with Crippen molar-refractivity contribution in [3.8, 4) is 0 Å². The molecule has 2 heterocycles. The second-order valence-corrected chi connectivity index (χ2v) is 6.09. The van der Waals surface area contributed by atoms with Gasteiger partial charge in [0.15, 0.2) is 0 Å². The minimum Gasteiger partial charge on any atom is -0.378 e. The van der Waals surface area contributed by atoms with Crippen molar-refractivity contribution in [1.29, 1.82) is 0 Å². The van der Waals surface area contributed by atoms with Crippen LogP contribution in [0.3, 0.4) is 0 Å². The fraction of sp³-hybridized carbons (Fsp3) is 0.529. The summed E-state index contributed by atoms with van der Waals surface area (Å²) in [5.41, 5.74) is 0.673. The van der Waals surface area contributed by atoms with Gasteiger partial charge in [0.05, 0.1) is 25.2 Å². The molecule has 124 valence electrons. The minimum absolute atomic E-state index is 0.00899. The number of hydrogen-bond acceptors (Lipinski definition) is 3. The minimum atomic E-state index is -0.415.